The van der Waals surface area contributed by atoms with Crippen LogP contribution in [0.25, 0.3) is 0 Å². The maximum Gasteiger partial charge on any atom is 0.573 e. The molecule has 1 aliphatic rings. The first-order chi connectivity index (χ1) is 7.96. The third-order valence-electron chi connectivity index (χ3n) is 2.19. The van der Waals surface area contributed by atoms with E-state index < -0.39 is 18.5 Å². The summed E-state index contributed by atoms with van der Waals surface area (Å²) in [6, 6.07) is 4.99. The van der Waals surface area contributed by atoms with Gasteiger partial charge >= 0.3 is 12.5 Å². The summed E-state index contributed by atoms with van der Waals surface area (Å²) in [6.07, 6.45) is -5.42. The lowest BCUT2D eigenvalue weighted by Crippen LogP contribution is -2.22. The van der Waals surface area contributed by atoms with Gasteiger partial charge in [0.25, 0.3) is 0 Å². The van der Waals surface area contributed by atoms with Crippen molar-refractivity contribution >= 4 is 18.5 Å². The zero-order valence-electron chi connectivity index (χ0n) is 8.86. The number of rotatable bonds is 2. The number of amides is 1. The average Bonchev–Trinajstić information content (AvgIpc) is 2.63. The Labute approximate surface area is 106 Å². The number of halogens is 4. The Morgan fingerprint density at radius 3 is 2.56 bits per heavy atom. The van der Waals surface area contributed by atoms with Gasteiger partial charge in [0.2, 0.25) is 0 Å². The van der Waals surface area contributed by atoms with Crippen LogP contribution >= 0.6 is 12.4 Å². The van der Waals surface area contributed by atoms with Crippen LogP contribution in [-0.2, 0) is 4.74 Å². The minimum absolute atomic E-state index is 0. The van der Waals surface area contributed by atoms with Crippen molar-refractivity contribution in [2.75, 3.05) is 6.61 Å². The first kappa shape index (κ1) is 14.4. The van der Waals surface area contributed by atoms with Gasteiger partial charge < -0.3 is 14.8 Å². The number of carbonyl (C=O) groups is 1. The van der Waals surface area contributed by atoms with Crippen LogP contribution in [0.2, 0.25) is 0 Å². The van der Waals surface area contributed by atoms with Crippen LogP contribution in [0.5, 0.6) is 5.75 Å². The lowest BCUT2D eigenvalue weighted by molar-refractivity contribution is -0.275. The second kappa shape index (κ2) is 5.34. The second-order valence-electron chi connectivity index (χ2n) is 3.38. The van der Waals surface area contributed by atoms with Gasteiger partial charge in [0, 0.05) is 5.56 Å². The average molecular weight is 284 g/mol. The molecular weight excluding hydrogens is 275 g/mol. The summed E-state index contributed by atoms with van der Waals surface area (Å²) in [5, 5.41) is 2.39. The number of nitrogens with one attached hydrogen (secondary N) is 1. The van der Waals surface area contributed by atoms with E-state index >= 15 is 0 Å². The van der Waals surface area contributed by atoms with Crippen LogP contribution in [0.3, 0.4) is 0 Å². The largest absolute Gasteiger partial charge is 0.573 e. The van der Waals surface area contributed by atoms with E-state index in [0.717, 1.165) is 0 Å². The predicted octanol–water partition coefficient (Wildman–Crippen LogP) is 2.79. The summed E-state index contributed by atoms with van der Waals surface area (Å²) in [6.45, 7) is -0.0168. The standard InChI is InChI=1S/C10H8F3NO3.ClH/c11-10(12,13)17-8-4-2-1-3-6(8)7-5-16-9(15)14-7;/h1-4,7H,5H2,(H,14,15);1H/t7-;/m1./s1. The van der Waals surface area contributed by atoms with Crippen molar-refractivity contribution in [3.8, 4) is 5.75 Å². The quantitative estimate of drug-likeness (QED) is 0.908. The Morgan fingerprint density at radius 2 is 2.00 bits per heavy atom. The summed E-state index contributed by atoms with van der Waals surface area (Å²) in [5.41, 5.74) is 0.232. The van der Waals surface area contributed by atoms with Crippen LogP contribution in [-0.4, -0.2) is 19.1 Å². The molecule has 0 bridgehead atoms. The highest BCUT2D eigenvalue weighted by molar-refractivity contribution is 5.85. The van der Waals surface area contributed by atoms with Crippen LogP contribution in [0.1, 0.15) is 11.6 Å². The fraction of sp³-hybridized carbons (Fsp3) is 0.300. The molecule has 1 aromatic carbocycles. The normalized spacial score (nSPS) is 18.6. The van der Waals surface area contributed by atoms with E-state index in [1.54, 1.807) is 6.07 Å². The van der Waals surface area contributed by atoms with Crippen molar-refractivity contribution in [3.05, 3.63) is 29.8 Å². The number of alkyl carbamates (subject to hydrolysis) is 1. The van der Waals surface area contributed by atoms with Crippen LogP contribution in [0, 0.1) is 0 Å². The summed E-state index contributed by atoms with van der Waals surface area (Å²) in [5.74, 6) is -0.337. The van der Waals surface area contributed by atoms with Crippen molar-refractivity contribution in [2.24, 2.45) is 0 Å². The molecule has 1 saturated heterocycles. The third-order valence-corrected chi connectivity index (χ3v) is 2.19. The van der Waals surface area contributed by atoms with Crippen molar-refractivity contribution in [1.29, 1.82) is 0 Å². The molecular formula is C10H9ClF3NO3. The predicted molar refractivity (Wildman–Crippen MR) is 57.6 cm³/mol. The molecule has 1 heterocycles. The van der Waals surface area contributed by atoms with E-state index in [4.69, 9.17) is 0 Å². The highest BCUT2D eigenvalue weighted by atomic mass is 35.5. The van der Waals surface area contributed by atoms with Gasteiger partial charge in [-0.2, -0.15) is 0 Å². The molecule has 2 rings (SSSR count). The Balaban J connectivity index is 0.00000162. The van der Waals surface area contributed by atoms with Gasteiger partial charge in [0.15, 0.2) is 0 Å². The molecule has 18 heavy (non-hydrogen) atoms. The van der Waals surface area contributed by atoms with Gasteiger partial charge in [-0.25, -0.2) is 4.79 Å². The Morgan fingerprint density at radius 1 is 1.33 bits per heavy atom. The molecule has 1 aromatic rings. The molecule has 8 heteroatoms. The van der Waals surface area contributed by atoms with Crippen molar-refractivity contribution < 1.29 is 27.4 Å². The molecule has 1 atom stereocenters. The lowest BCUT2D eigenvalue weighted by Gasteiger charge is -2.15. The number of alkyl halides is 3. The SMILES string of the molecule is Cl.O=C1N[C@@H](c2ccccc2OC(F)(F)F)CO1. The number of hydrogen-bond donors (Lipinski definition) is 1. The van der Waals surface area contributed by atoms with E-state index in [-0.39, 0.29) is 30.3 Å². The number of ether oxygens (including phenoxy) is 2. The lowest BCUT2D eigenvalue weighted by atomic mass is 10.1. The van der Waals surface area contributed by atoms with Gasteiger partial charge in [-0.15, -0.1) is 25.6 Å². The Kier molecular flexibility index (Phi) is 4.28. The topological polar surface area (TPSA) is 47.6 Å². The zero-order chi connectivity index (χ0) is 12.5. The maximum absolute atomic E-state index is 12.1. The Bertz CT molecular complexity index is 439. The molecule has 0 spiro atoms. The molecule has 1 aliphatic heterocycles. The molecule has 0 radical (unpaired) electrons. The van der Waals surface area contributed by atoms with Crippen molar-refractivity contribution in [3.63, 3.8) is 0 Å². The van der Waals surface area contributed by atoms with Crippen molar-refractivity contribution in [1.82, 2.24) is 5.32 Å². The molecule has 4 nitrogen and oxygen atoms in total. The van der Waals surface area contributed by atoms with Gasteiger partial charge in [-0.05, 0) is 6.07 Å². The number of carbonyl (C=O) groups excluding carboxylic acids is 1. The van der Waals surface area contributed by atoms with E-state index in [0.29, 0.717) is 0 Å². The van der Waals surface area contributed by atoms with Gasteiger partial charge in [-0.1, -0.05) is 18.2 Å². The minimum atomic E-state index is -4.76. The molecule has 1 fully saturated rings. The first-order valence-corrected chi connectivity index (χ1v) is 4.74. The van der Waals surface area contributed by atoms with E-state index in [2.05, 4.69) is 14.8 Å². The van der Waals surface area contributed by atoms with Gasteiger partial charge in [0.1, 0.15) is 12.4 Å². The molecule has 1 N–H and O–H groups in total. The van der Waals surface area contributed by atoms with Gasteiger partial charge in [-0.3, -0.25) is 0 Å². The van der Waals surface area contributed by atoms with Crippen molar-refractivity contribution in [2.45, 2.75) is 12.4 Å². The van der Waals surface area contributed by atoms with E-state index in [9.17, 15) is 18.0 Å². The minimum Gasteiger partial charge on any atom is -0.447 e. The second-order valence-corrected chi connectivity index (χ2v) is 3.38. The van der Waals surface area contributed by atoms with Crippen LogP contribution in [0.15, 0.2) is 24.3 Å². The van der Waals surface area contributed by atoms with E-state index in [1.807, 2.05) is 0 Å². The fourth-order valence-corrected chi connectivity index (χ4v) is 1.54. The van der Waals surface area contributed by atoms with Crippen LogP contribution in [0.4, 0.5) is 18.0 Å². The number of cyclic esters (lactones) is 1. The van der Waals surface area contributed by atoms with E-state index in [1.165, 1.54) is 18.2 Å². The molecule has 0 saturated carbocycles. The number of para-hydroxylation sites is 1. The summed E-state index contributed by atoms with van der Waals surface area (Å²) in [7, 11) is 0. The summed E-state index contributed by atoms with van der Waals surface area (Å²) < 4.78 is 44.9. The van der Waals surface area contributed by atoms with Gasteiger partial charge in [0.05, 0.1) is 6.04 Å². The third kappa shape index (κ3) is 3.43. The monoisotopic (exact) mass is 283 g/mol. The fourth-order valence-electron chi connectivity index (χ4n) is 1.54. The maximum atomic E-state index is 12.1. The highest BCUT2D eigenvalue weighted by Crippen LogP contribution is 2.31. The number of benzene rings is 1. The number of hydrogen-bond acceptors (Lipinski definition) is 3. The molecule has 0 unspecified atom stereocenters. The zero-order valence-corrected chi connectivity index (χ0v) is 9.68. The highest BCUT2D eigenvalue weighted by Gasteiger charge is 2.34. The molecule has 1 amide bonds. The summed E-state index contributed by atoms with van der Waals surface area (Å²) in [4.78, 5) is 10.8. The first-order valence-electron chi connectivity index (χ1n) is 4.74. The smallest absolute Gasteiger partial charge is 0.447 e. The summed E-state index contributed by atoms with van der Waals surface area (Å²) >= 11 is 0. The molecule has 0 aromatic heterocycles. The molecule has 0 aliphatic carbocycles. The molecule has 100 valence electrons. The Hall–Kier alpha value is -1.63. The van der Waals surface area contributed by atoms with Crippen LogP contribution < -0.4 is 10.1 Å².